The third-order valence-electron chi connectivity index (χ3n) is 5.83. The van der Waals surface area contributed by atoms with Crippen LogP contribution in [0, 0.1) is 0 Å². The van der Waals surface area contributed by atoms with Gasteiger partial charge in [-0.25, -0.2) is 0 Å². The van der Waals surface area contributed by atoms with Gasteiger partial charge in [-0.3, -0.25) is 4.79 Å². The lowest BCUT2D eigenvalue weighted by Gasteiger charge is -2.24. The second-order valence-electron chi connectivity index (χ2n) is 9.39. The average molecular weight is 433 g/mol. The SMILES string of the molecule is CCCCN(Cc1cccn1Cc1cccc(OC)c1)C(=O)c1ccc(C(C)(C)C)cc1. The van der Waals surface area contributed by atoms with Crippen LogP contribution >= 0.6 is 0 Å². The number of ether oxygens (including phenoxy) is 1. The van der Waals surface area contributed by atoms with Gasteiger partial charge in [-0.05, 0) is 59.4 Å². The highest BCUT2D eigenvalue weighted by Gasteiger charge is 2.19. The highest BCUT2D eigenvalue weighted by atomic mass is 16.5. The Morgan fingerprint density at radius 2 is 1.78 bits per heavy atom. The first-order valence-electron chi connectivity index (χ1n) is 11.5. The smallest absolute Gasteiger partial charge is 0.254 e. The fraction of sp³-hybridized carbons (Fsp3) is 0.393. The Labute approximate surface area is 192 Å². The monoisotopic (exact) mass is 432 g/mol. The maximum Gasteiger partial charge on any atom is 0.254 e. The van der Waals surface area contributed by atoms with Gasteiger partial charge in [0.1, 0.15) is 5.75 Å². The van der Waals surface area contributed by atoms with E-state index >= 15 is 0 Å². The van der Waals surface area contributed by atoms with Crippen molar-refractivity contribution in [3.8, 4) is 5.75 Å². The quantitative estimate of drug-likeness (QED) is 0.398. The van der Waals surface area contributed by atoms with Crippen molar-refractivity contribution in [1.29, 1.82) is 0 Å². The number of amides is 1. The van der Waals surface area contributed by atoms with Gasteiger partial charge in [0.05, 0.1) is 13.7 Å². The molecule has 0 bridgehead atoms. The number of methoxy groups -OCH3 is 1. The van der Waals surface area contributed by atoms with E-state index in [9.17, 15) is 4.79 Å². The molecule has 1 amide bonds. The predicted molar refractivity (Wildman–Crippen MR) is 131 cm³/mol. The Balaban J connectivity index is 1.79. The number of benzene rings is 2. The minimum Gasteiger partial charge on any atom is -0.497 e. The summed E-state index contributed by atoms with van der Waals surface area (Å²) in [6, 6.07) is 20.4. The maximum atomic E-state index is 13.4. The third-order valence-corrected chi connectivity index (χ3v) is 5.83. The molecule has 4 heteroatoms. The normalized spacial score (nSPS) is 11.4. The van der Waals surface area contributed by atoms with Gasteiger partial charge in [0.2, 0.25) is 0 Å². The lowest BCUT2D eigenvalue weighted by atomic mass is 9.86. The van der Waals surface area contributed by atoms with Crippen molar-refractivity contribution in [2.75, 3.05) is 13.7 Å². The van der Waals surface area contributed by atoms with Crippen LogP contribution in [0.15, 0.2) is 66.9 Å². The van der Waals surface area contributed by atoms with E-state index in [0.717, 1.165) is 42.9 Å². The van der Waals surface area contributed by atoms with Crippen molar-refractivity contribution >= 4 is 5.91 Å². The van der Waals surface area contributed by atoms with Gasteiger partial charge in [0.15, 0.2) is 0 Å². The molecule has 4 nitrogen and oxygen atoms in total. The number of hydrogen-bond donors (Lipinski definition) is 0. The van der Waals surface area contributed by atoms with E-state index in [1.165, 1.54) is 11.1 Å². The minimum atomic E-state index is 0.0738. The fourth-order valence-electron chi connectivity index (χ4n) is 3.81. The van der Waals surface area contributed by atoms with Crippen LogP contribution in [0.5, 0.6) is 5.75 Å². The molecule has 0 radical (unpaired) electrons. The molecule has 0 unspecified atom stereocenters. The topological polar surface area (TPSA) is 34.5 Å². The van der Waals surface area contributed by atoms with Crippen molar-refractivity contribution in [2.45, 2.75) is 59.0 Å². The Bertz CT molecular complexity index is 1010. The first-order valence-corrected chi connectivity index (χ1v) is 11.5. The van der Waals surface area contributed by atoms with Crippen molar-refractivity contribution in [3.05, 3.63) is 89.2 Å². The van der Waals surface area contributed by atoms with Gasteiger partial charge >= 0.3 is 0 Å². The van der Waals surface area contributed by atoms with Crippen molar-refractivity contribution in [1.82, 2.24) is 9.47 Å². The Morgan fingerprint density at radius 1 is 1.03 bits per heavy atom. The number of nitrogens with zero attached hydrogens (tertiary/aromatic N) is 2. The molecule has 0 fully saturated rings. The number of carbonyl (C=O) groups is 1. The summed E-state index contributed by atoms with van der Waals surface area (Å²) in [6.45, 7) is 10.8. The number of hydrogen-bond acceptors (Lipinski definition) is 2. The van der Waals surface area contributed by atoms with Crippen molar-refractivity contribution in [3.63, 3.8) is 0 Å². The molecule has 1 aromatic heterocycles. The Hall–Kier alpha value is -3.01. The zero-order valence-corrected chi connectivity index (χ0v) is 20.1. The van der Waals surface area contributed by atoms with E-state index in [1.54, 1.807) is 7.11 Å². The van der Waals surface area contributed by atoms with Gasteiger partial charge in [-0.2, -0.15) is 0 Å². The molecule has 0 saturated carbocycles. The molecule has 0 aliphatic carbocycles. The number of rotatable bonds is 9. The molecule has 3 aromatic rings. The lowest BCUT2D eigenvalue weighted by molar-refractivity contribution is 0.0737. The van der Waals surface area contributed by atoms with Crippen molar-refractivity contribution in [2.24, 2.45) is 0 Å². The van der Waals surface area contributed by atoms with E-state index in [1.807, 2.05) is 29.2 Å². The standard InChI is InChI=1S/C28H36N2O2/c1-6-7-17-30(27(31)23-13-15-24(16-14-23)28(2,3)4)21-25-11-9-18-29(25)20-22-10-8-12-26(19-22)32-5/h8-16,18-19H,6-7,17,20-21H2,1-5H3. The summed E-state index contributed by atoms with van der Waals surface area (Å²) in [5, 5.41) is 0. The average Bonchev–Trinajstić information content (AvgIpc) is 3.22. The molecular formula is C28H36N2O2. The Kier molecular flexibility index (Phi) is 7.79. The van der Waals surface area contributed by atoms with E-state index in [2.05, 4.69) is 74.9 Å². The first kappa shape index (κ1) is 23.6. The van der Waals surface area contributed by atoms with E-state index < -0.39 is 0 Å². The third kappa shape index (κ3) is 6.03. The number of carbonyl (C=O) groups excluding carboxylic acids is 1. The van der Waals surface area contributed by atoms with Gasteiger partial charge in [-0.1, -0.05) is 58.4 Å². The number of aromatic nitrogens is 1. The molecule has 0 spiro atoms. The molecular weight excluding hydrogens is 396 g/mol. The molecule has 0 aliphatic rings. The number of unbranched alkanes of at least 4 members (excludes halogenated alkanes) is 1. The zero-order chi connectivity index (χ0) is 23.1. The summed E-state index contributed by atoms with van der Waals surface area (Å²) in [7, 11) is 1.69. The molecule has 32 heavy (non-hydrogen) atoms. The van der Waals surface area contributed by atoms with Crippen LogP contribution < -0.4 is 4.74 Å². The summed E-state index contributed by atoms with van der Waals surface area (Å²) < 4.78 is 7.57. The Morgan fingerprint density at radius 3 is 2.44 bits per heavy atom. The maximum absolute atomic E-state index is 13.4. The van der Waals surface area contributed by atoms with Gasteiger partial charge in [0, 0.05) is 30.5 Å². The molecule has 2 aromatic carbocycles. The molecule has 0 N–H and O–H groups in total. The second-order valence-corrected chi connectivity index (χ2v) is 9.39. The van der Waals surface area contributed by atoms with Crippen LogP contribution in [0.2, 0.25) is 0 Å². The van der Waals surface area contributed by atoms with Gasteiger partial charge < -0.3 is 14.2 Å². The fourth-order valence-corrected chi connectivity index (χ4v) is 3.81. The highest BCUT2D eigenvalue weighted by molar-refractivity contribution is 5.94. The summed E-state index contributed by atoms with van der Waals surface area (Å²) >= 11 is 0. The van der Waals surface area contributed by atoms with Gasteiger partial charge in [0.25, 0.3) is 5.91 Å². The minimum absolute atomic E-state index is 0.0738. The van der Waals surface area contributed by atoms with Crippen LogP contribution in [0.1, 0.15) is 67.7 Å². The molecule has 170 valence electrons. The lowest BCUT2D eigenvalue weighted by Crippen LogP contribution is -2.32. The van der Waals surface area contributed by atoms with E-state index in [-0.39, 0.29) is 11.3 Å². The molecule has 0 aliphatic heterocycles. The zero-order valence-electron chi connectivity index (χ0n) is 20.1. The summed E-state index contributed by atoms with van der Waals surface area (Å²) in [6.07, 6.45) is 4.12. The highest BCUT2D eigenvalue weighted by Crippen LogP contribution is 2.23. The predicted octanol–water partition coefficient (Wildman–Crippen LogP) is 6.29. The molecule has 1 heterocycles. The molecule has 3 rings (SSSR count). The van der Waals surface area contributed by atoms with E-state index in [4.69, 9.17) is 4.74 Å². The summed E-state index contributed by atoms with van der Waals surface area (Å²) in [4.78, 5) is 15.4. The first-order chi connectivity index (χ1) is 15.3. The summed E-state index contributed by atoms with van der Waals surface area (Å²) in [5.74, 6) is 0.947. The molecule has 0 atom stereocenters. The van der Waals surface area contributed by atoms with Crippen LogP contribution in [-0.4, -0.2) is 29.0 Å². The van der Waals surface area contributed by atoms with Crippen LogP contribution in [0.4, 0.5) is 0 Å². The van der Waals surface area contributed by atoms with Crippen LogP contribution in [-0.2, 0) is 18.5 Å². The summed E-state index contributed by atoms with van der Waals surface area (Å²) in [5.41, 5.74) is 4.36. The van der Waals surface area contributed by atoms with E-state index in [0.29, 0.717) is 6.54 Å². The largest absolute Gasteiger partial charge is 0.497 e. The van der Waals surface area contributed by atoms with Crippen LogP contribution in [0.25, 0.3) is 0 Å². The van der Waals surface area contributed by atoms with Gasteiger partial charge in [-0.15, -0.1) is 0 Å². The molecule has 0 saturated heterocycles. The van der Waals surface area contributed by atoms with Crippen molar-refractivity contribution < 1.29 is 9.53 Å². The van der Waals surface area contributed by atoms with Crippen LogP contribution in [0.3, 0.4) is 0 Å². The second kappa shape index (κ2) is 10.5.